The van der Waals surface area contributed by atoms with Crippen LogP contribution in [0.1, 0.15) is 31.2 Å². The molecule has 1 amide bonds. The minimum absolute atomic E-state index is 0.118. The van der Waals surface area contributed by atoms with E-state index in [1.165, 1.54) is 25.7 Å². The Bertz CT molecular complexity index is 497. The molecule has 0 spiro atoms. The Morgan fingerprint density at radius 1 is 1.09 bits per heavy atom. The summed E-state index contributed by atoms with van der Waals surface area (Å²) in [7, 11) is 3.26. The molecule has 0 aromatic heterocycles. The molecule has 5 heteroatoms. The first-order valence-electron chi connectivity index (χ1n) is 8.43. The van der Waals surface area contributed by atoms with Gasteiger partial charge in [0.2, 0.25) is 5.91 Å². The van der Waals surface area contributed by atoms with Crippen molar-refractivity contribution in [2.24, 2.45) is 0 Å². The summed E-state index contributed by atoms with van der Waals surface area (Å²) in [5, 5.41) is 3.01. The Balaban J connectivity index is 1.74. The van der Waals surface area contributed by atoms with E-state index in [2.05, 4.69) is 10.2 Å². The standard InChI is InChI=1S/C18H28N2O3/c1-22-16-8-7-15(13-17(16)23-2)9-10-19-18(21)14-20-11-5-3-4-6-12-20/h7-8,13H,3-6,9-12,14H2,1-2H3,(H,19,21). The molecule has 1 aliphatic rings. The van der Waals surface area contributed by atoms with Crippen LogP contribution >= 0.6 is 0 Å². The quantitative estimate of drug-likeness (QED) is 0.837. The van der Waals surface area contributed by atoms with Crippen molar-refractivity contribution in [3.8, 4) is 11.5 Å². The molecular weight excluding hydrogens is 292 g/mol. The van der Waals surface area contributed by atoms with E-state index in [0.29, 0.717) is 13.1 Å². The number of carbonyl (C=O) groups excluding carboxylic acids is 1. The van der Waals surface area contributed by atoms with Gasteiger partial charge in [-0.1, -0.05) is 18.9 Å². The topological polar surface area (TPSA) is 50.8 Å². The molecule has 1 heterocycles. The molecule has 2 rings (SSSR count). The van der Waals surface area contributed by atoms with Gasteiger partial charge in [0.05, 0.1) is 20.8 Å². The number of amides is 1. The van der Waals surface area contributed by atoms with Gasteiger partial charge in [0, 0.05) is 6.54 Å². The first kappa shape index (κ1) is 17.6. The lowest BCUT2D eigenvalue weighted by atomic mass is 10.1. The molecule has 1 aliphatic heterocycles. The molecule has 1 aromatic carbocycles. The zero-order valence-corrected chi connectivity index (χ0v) is 14.3. The highest BCUT2D eigenvalue weighted by Crippen LogP contribution is 2.27. The maximum absolute atomic E-state index is 12.0. The van der Waals surface area contributed by atoms with Crippen molar-refractivity contribution in [3.05, 3.63) is 23.8 Å². The van der Waals surface area contributed by atoms with Gasteiger partial charge in [0.1, 0.15) is 0 Å². The number of rotatable bonds is 7. The van der Waals surface area contributed by atoms with Gasteiger partial charge in [-0.2, -0.15) is 0 Å². The first-order valence-corrected chi connectivity index (χ1v) is 8.43. The second-order valence-corrected chi connectivity index (χ2v) is 5.98. The maximum Gasteiger partial charge on any atom is 0.234 e. The highest BCUT2D eigenvalue weighted by atomic mass is 16.5. The molecule has 1 fully saturated rings. The fraction of sp³-hybridized carbons (Fsp3) is 0.611. The van der Waals surface area contributed by atoms with Crippen LogP contribution in [0.15, 0.2) is 18.2 Å². The summed E-state index contributed by atoms with van der Waals surface area (Å²) in [6.07, 6.45) is 5.78. The zero-order valence-electron chi connectivity index (χ0n) is 14.3. The number of hydrogen-bond donors (Lipinski definition) is 1. The predicted octanol–water partition coefficient (Wildman–Crippen LogP) is 2.24. The minimum Gasteiger partial charge on any atom is -0.493 e. The Labute approximate surface area is 139 Å². The SMILES string of the molecule is COc1ccc(CCNC(=O)CN2CCCCCC2)cc1OC. The van der Waals surface area contributed by atoms with Gasteiger partial charge in [-0.3, -0.25) is 9.69 Å². The molecule has 0 aliphatic carbocycles. The summed E-state index contributed by atoms with van der Waals surface area (Å²) in [5.74, 6) is 1.56. The minimum atomic E-state index is 0.118. The fourth-order valence-corrected chi connectivity index (χ4v) is 2.94. The van der Waals surface area contributed by atoms with Crippen LogP contribution in [0.5, 0.6) is 11.5 Å². The third-order valence-corrected chi connectivity index (χ3v) is 4.25. The van der Waals surface area contributed by atoms with Crippen molar-refractivity contribution in [2.45, 2.75) is 32.1 Å². The molecule has 0 atom stereocenters. The summed E-state index contributed by atoms with van der Waals surface area (Å²) in [6, 6.07) is 5.86. The Morgan fingerprint density at radius 2 is 1.78 bits per heavy atom. The van der Waals surface area contributed by atoms with Crippen molar-refractivity contribution < 1.29 is 14.3 Å². The van der Waals surface area contributed by atoms with Crippen LogP contribution < -0.4 is 14.8 Å². The lowest BCUT2D eigenvalue weighted by molar-refractivity contribution is -0.122. The molecule has 0 bridgehead atoms. The molecule has 128 valence electrons. The lowest BCUT2D eigenvalue weighted by Crippen LogP contribution is -2.38. The molecule has 5 nitrogen and oxygen atoms in total. The van der Waals surface area contributed by atoms with E-state index in [4.69, 9.17) is 9.47 Å². The third-order valence-electron chi connectivity index (χ3n) is 4.25. The van der Waals surface area contributed by atoms with Gasteiger partial charge >= 0.3 is 0 Å². The number of nitrogens with zero attached hydrogens (tertiary/aromatic N) is 1. The maximum atomic E-state index is 12.0. The summed E-state index contributed by atoms with van der Waals surface area (Å²) in [4.78, 5) is 14.3. The molecular formula is C18H28N2O3. The van der Waals surface area contributed by atoms with Crippen LogP contribution in [0.25, 0.3) is 0 Å². The lowest BCUT2D eigenvalue weighted by Gasteiger charge is -2.19. The molecule has 0 radical (unpaired) electrons. The van der Waals surface area contributed by atoms with Gasteiger partial charge in [-0.15, -0.1) is 0 Å². The second kappa shape index (κ2) is 9.40. The number of nitrogens with one attached hydrogen (secondary N) is 1. The van der Waals surface area contributed by atoms with Crippen molar-refractivity contribution in [1.82, 2.24) is 10.2 Å². The van der Waals surface area contributed by atoms with Crippen LogP contribution in [0, 0.1) is 0 Å². The highest BCUT2D eigenvalue weighted by molar-refractivity contribution is 5.78. The Kier molecular flexibility index (Phi) is 7.20. The number of likely N-dealkylation sites (tertiary alicyclic amines) is 1. The van der Waals surface area contributed by atoms with Crippen LogP contribution in [0.2, 0.25) is 0 Å². The van der Waals surface area contributed by atoms with Crippen LogP contribution in [0.3, 0.4) is 0 Å². The van der Waals surface area contributed by atoms with Crippen molar-refractivity contribution >= 4 is 5.91 Å². The fourth-order valence-electron chi connectivity index (χ4n) is 2.94. The Morgan fingerprint density at radius 3 is 2.43 bits per heavy atom. The van der Waals surface area contributed by atoms with Crippen molar-refractivity contribution in [2.75, 3.05) is 40.4 Å². The van der Waals surface area contributed by atoms with Crippen LogP contribution in [-0.4, -0.2) is 51.2 Å². The number of methoxy groups -OCH3 is 2. The van der Waals surface area contributed by atoms with Crippen LogP contribution in [0.4, 0.5) is 0 Å². The number of carbonyl (C=O) groups is 1. The molecule has 1 aromatic rings. The number of benzene rings is 1. The van der Waals surface area contributed by atoms with Gasteiger partial charge in [0.15, 0.2) is 11.5 Å². The highest BCUT2D eigenvalue weighted by Gasteiger charge is 2.12. The van der Waals surface area contributed by atoms with Crippen LogP contribution in [-0.2, 0) is 11.2 Å². The summed E-state index contributed by atoms with van der Waals surface area (Å²) >= 11 is 0. The average molecular weight is 320 g/mol. The predicted molar refractivity (Wildman–Crippen MR) is 91.2 cm³/mol. The summed E-state index contributed by atoms with van der Waals surface area (Å²) < 4.78 is 10.5. The number of ether oxygens (including phenoxy) is 2. The van der Waals surface area contributed by atoms with Crippen molar-refractivity contribution in [3.63, 3.8) is 0 Å². The largest absolute Gasteiger partial charge is 0.493 e. The monoisotopic (exact) mass is 320 g/mol. The molecule has 23 heavy (non-hydrogen) atoms. The Hall–Kier alpha value is -1.75. The first-order chi connectivity index (χ1) is 11.2. The van der Waals surface area contributed by atoms with E-state index in [0.717, 1.165) is 36.6 Å². The van der Waals surface area contributed by atoms with E-state index < -0.39 is 0 Å². The van der Waals surface area contributed by atoms with E-state index >= 15 is 0 Å². The van der Waals surface area contributed by atoms with E-state index in [1.807, 2.05) is 18.2 Å². The smallest absolute Gasteiger partial charge is 0.234 e. The molecule has 0 unspecified atom stereocenters. The molecule has 1 N–H and O–H groups in total. The van der Waals surface area contributed by atoms with Crippen molar-refractivity contribution in [1.29, 1.82) is 0 Å². The third kappa shape index (κ3) is 5.75. The van der Waals surface area contributed by atoms with E-state index in [9.17, 15) is 4.79 Å². The zero-order chi connectivity index (χ0) is 16.5. The van der Waals surface area contributed by atoms with E-state index in [-0.39, 0.29) is 5.91 Å². The number of hydrogen-bond acceptors (Lipinski definition) is 4. The normalized spacial score (nSPS) is 15.7. The van der Waals surface area contributed by atoms with Gasteiger partial charge in [0.25, 0.3) is 0 Å². The van der Waals surface area contributed by atoms with Gasteiger partial charge in [-0.05, 0) is 50.0 Å². The second-order valence-electron chi connectivity index (χ2n) is 5.98. The van der Waals surface area contributed by atoms with E-state index in [1.54, 1.807) is 14.2 Å². The average Bonchev–Trinajstić information content (AvgIpc) is 2.83. The van der Waals surface area contributed by atoms with Gasteiger partial charge < -0.3 is 14.8 Å². The van der Waals surface area contributed by atoms with Gasteiger partial charge in [-0.25, -0.2) is 0 Å². The summed E-state index contributed by atoms with van der Waals surface area (Å²) in [5.41, 5.74) is 1.12. The molecule has 0 saturated carbocycles. The molecule has 1 saturated heterocycles. The summed E-state index contributed by atoms with van der Waals surface area (Å²) in [6.45, 7) is 3.25.